The van der Waals surface area contributed by atoms with Crippen molar-refractivity contribution in [3.8, 4) is 0 Å². The molecule has 0 bridgehead atoms. The van der Waals surface area contributed by atoms with Gasteiger partial charge in [0.25, 0.3) is 0 Å². The van der Waals surface area contributed by atoms with Crippen LogP contribution in [0.15, 0.2) is 60.9 Å². The Hall–Kier alpha value is -2.79. The topological polar surface area (TPSA) is 51.1 Å². The van der Waals surface area contributed by atoms with Gasteiger partial charge in [0.05, 0.1) is 18.8 Å². The lowest BCUT2D eigenvalue weighted by Gasteiger charge is -2.32. The van der Waals surface area contributed by atoms with E-state index in [2.05, 4.69) is 58.2 Å². The number of anilines is 1. The number of benzene rings is 1. The van der Waals surface area contributed by atoms with E-state index < -0.39 is 0 Å². The molecule has 1 aliphatic rings. The third-order valence-corrected chi connectivity index (χ3v) is 4.69. The van der Waals surface area contributed by atoms with Crippen molar-refractivity contribution in [3.05, 3.63) is 83.4 Å². The molecule has 1 atom stereocenters. The first-order valence-electron chi connectivity index (χ1n) is 8.93. The number of nitrogens with zero attached hydrogens (tertiary/aromatic N) is 4. The van der Waals surface area contributed by atoms with Crippen LogP contribution in [0.25, 0.3) is 0 Å². The molecule has 26 heavy (non-hydrogen) atoms. The van der Waals surface area contributed by atoms with Gasteiger partial charge in [-0.1, -0.05) is 30.3 Å². The normalized spacial score (nSPS) is 17.3. The van der Waals surface area contributed by atoms with Gasteiger partial charge in [-0.3, -0.25) is 4.98 Å². The Morgan fingerprint density at radius 2 is 1.88 bits per heavy atom. The van der Waals surface area contributed by atoms with Gasteiger partial charge in [-0.05, 0) is 36.2 Å². The van der Waals surface area contributed by atoms with Gasteiger partial charge in [-0.2, -0.15) is 0 Å². The molecular weight excluding hydrogens is 324 g/mol. The van der Waals surface area contributed by atoms with Crippen LogP contribution in [-0.4, -0.2) is 34.6 Å². The summed E-state index contributed by atoms with van der Waals surface area (Å²) in [5.41, 5.74) is 4.63. The van der Waals surface area contributed by atoms with Crippen LogP contribution in [0.1, 0.15) is 28.6 Å². The number of rotatable bonds is 4. The predicted octanol–water partition coefficient (Wildman–Crippen LogP) is 3.35. The highest BCUT2D eigenvalue weighted by atomic mass is 16.5. The first-order chi connectivity index (χ1) is 12.8. The average molecular weight is 346 g/mol. The lowest BCUT2D eigenvalue weighted by atomic mass is 10.0. The van der Waals surface area contributed by atoms with Crippen LogP contribution in [-0.2, 0) is 11.2 Å². The highest BCUT2D eigenvalue weighted by Gasteiger charge is 2.24. The fourth-order valence-electron chi connectivity index (χ4n) is 3.24. The molecular formula is C21H22N4O. The van der Waals surface area contributed by atoms with Gasteiger partial charge in [-0.25, -0.2) is 9.97 Å². The van der Waals surface area contributed by atoms with Crippen LogP contribution in [0.2, 0.25) is 0 Å². The van der Waals surface area contributed by atoms with Gasteiger partial charge in [0.15, 0.2) is 0 Å². The molecule has 5 nitrogen and oxygen atoms in total. The largest absolute Gasteiger partial charge is 0.368 e. The maximum absolute atomic E-state index is 5.98. The van der Waals surface area contributed by atoms with Crippen molar-refractivity contribution in [1.29, 1.82) is 0 Å². The molecule has 1 fully saturated rings. The van der Waals surface area contributed by atoms with Gasteiger partial charge in [0.2, 0.25) is 5.95 Å². The Labute approximate surface area is 153 Å². The van der Waals surface area contributed by atoms with E-state index in [1.54, 1.807) is 12.4 Å². The summed E-state index contributed by atoms with van der Waals surface area (Å²) < 4.78 is 5.98. The Morgan fingerprint density at radius 1 is 1.04 bits per heavy atom. The highest BCUT2D eigenvalue weighted by Crippen LogP contribution is 2.23. The Balaban J connectivity index is 1.52. The smallest absolute Gasteiger partial charge is 0.225 e. The highest BCUT2D eigenvalue weighted by molar-refractivity contribution is 5.32. The van der Waals surface area contributed by atoms with Crippen molar-refractivity contribution in [2.45, 2.75) is 19.4 Å². The SMILES string of the molecule is Cc1ccccc1Cc1cccc([C@H]2CN(c3ncccn3)CCO2)n1. The van der Waals surface area contributed by atoms with Crippen LogP contribution in [0.4, 0.5) is 5.95 Å². The molecule has 5 heteroatoms. The summed E-state index contributed by atoms with van der Waals surface area (Å²) in [6.45, 7) is 4.29. The number of ether oxygens (including phenoxy) is 1. The molecule has 0 saturated carbocycles. The summed E-state index contributed by atoms with van der Waals surface area (Å²) in [7, 11) is 0. The zero-order valence-corrected chi connectivity index (χ0v) is 14.9. The van der Waals surface area contributed by atoms with Crippen molar-refractivity contribution < 1.29 is 4.74 Å². The molecule has 3 heterocycles. The summed E-state index contributed by atoms with van der Waals surface area (Å²) in [5.74, 6) is 0.747. The third-order valence-electron chi connectivity index (χ3n) is 4.69. The number of aromatic nitrogens is 3. The summed E-state index contributed by atoms with van der Waals surface area (Å²) in [5, 5.41) is 0. The zero-order chi connectivity index (χ0) is 17.8. The van der Waals surface area contributed by atoms with E-state index >= 15 is 0 Å². The number of aryl methyl sites for hydroxylation is 1. The lowest BCUT2D eigenvalue weighted by molar-refractivity contribution is 0.0363. The summed E-state index contributed by atoms with van der Waals surface area (Å²) in [6.07, 6.45) is 4.31. The third kappa shape index (κ3) is 3.73. The molecule has 0 radical (unpaired) electrons. The molecule has 0 N–H and O–H groups in total. The van der Waals surface area contributed by atoms with E-state index in [0.717, 1.165) is 30.3 Å². The maximum Gasteiger partial charge on any atom is 0.225 e. The minimum absolute atomic E-state index is 0.0654. The molecule has 0 spiro atoms. The number of hydrogen-bond acceptors (Lipinski definition) is 5. The minimum Gasteiger partial charge on any atom is -0.368 e. The first kappa shape index (κ1) is 16.7. The van der Waals surface area contributed by atoms with Crippen LogP contribution >= 0.6 is 0 Å². The van der Waals surface area contributed by atoms with E-state index in [1.165, 1.54) is 11.1 Å². The van der Waals surface area contributed by atoms with Crippen molar-refractivity contribution in [2.75, 3.05) is 24.6 Å². The van der Waals surface area contributed by atoms with Gasteiger partial charge >= 0.3 is 0 Å². The lowest BCUT2D eigenvalue weighted by Crippen LogP contribution is -2.39. The molecule has 0 aliphatic carbocycles. The molecule has 3 aromatic rings. The van der Waals surface area contributed by atoms with Gasteiger partial charge < -0.3 is 9.64 Å². The number of pyridine rings is 1. The van der Waals surface area contributed by atoms with E-state index in [4.69, 9.17) is 9.72 Å². The molecule has 0 unspecified atom stereocenters. The Kier molecular flexibility index (Phi) is 4.88. The van der Waals surface area contributed by atoms with Crippen LogP contribution in [0.5, 0.6) is 0 Å². The Bertz CT molecular complexity index is 869. The fraction of sp³-hybridized carbons (Fsp3) is 0.286. The van der Waals surface area contributed by atoms with Crippen molar-refractivity contribution in [1.82, 2.24) is 15.0 Å². The number of morpholine rings is 1. The van der Waals surface area contributed by atoms with Crippen LogP contribution < -0.4 is 4.90 Å². The van der Waals surface area contributed by atoms with E-state index in [1.807, 2.05) is 12.1 Å². The molecule has 1 aliphatic heterocycles. The maximum atomic E-state index is 5.98. The van der Waals surface area contributed by atoms with Crippen LogP contribution in [0.3, 0.4) is 0 Å². The first-order valence-corrected chi connectivity index (χ1v) is 8.93. The second kappa shape index (κ2) is 7.62. The quantitative estimate of drug-likeness (QED) is 0.725. The van der Waals surface area contributed by atoms with E-state index in [9.17, 15) is 0 Å². The molecule has 4 rings (SSSR count). The van der Waals surface area contributed by atoms with Crippen molar-refractivity contribution in [3.63, 3.8) is 0 Å². The molecule has 1 aromatic carbocycles. The Morgan fingerprint density at radius 3 is 2.73 bits per heavy atom. The average Bonchev–Trinajstić information content (AvgIpc) is 2.71. The van der Waals surface area contributed by atoms with E-state index in [-0.39, 0.29) is 6.10 Å². The number of hydrogen-bond donors (Lipinski definition) is 0. The minimum atomic E-state index is -0.0654. The summed E-state index contributed by atoms with van der Waals surface area (Å²) >= 11 is 0. The molecule has 2 aromatic heterocycles. The van der Waals surface area contributed by atoms with Crippen molar-refractivity contribution in [2.24, 2.45) is 0 Å². The second-order valence-electron chi connectivity index (χ2n) is 6.51. The van der Waals surface area contributed by atoms with Crippen LogP contribution in [0, 0.1) is 6.92 Å². The molecule has 132 valence electrons. The monoisotopic (exact) mass is 346 g/mol. The van der Waals surface area contributed by atoms with Gasteiger partial charge in [0, 0.05) is 31.1 Å². The molecule has 1 saturated heterocycles. The van der Waals surface area contributed by atoms with Gasteiger partial charge in [-0.15, -0.1) is 0 Å². The summed E-state index contributed by atoms with van der Waals surface area (Å²) in [6, 6.07) is 16.5. The van der Waals surface area contributed by atoms with Gasteiger partial charge in [0.1, 0.15) is 6.10 Å². The standard InChI is InChI=1S/C21H22N4O/c1-16-6-2-3-7-17(16)14-18-8-4-9-19(24-18)20-15-25(12-13-26-20)21-22-10-5-11-23-21/h2-11,20H,12-15H2,1H3/t20-/m1/s1. The fourth-order valence-corrected chi connectivity index (χ4v) is 3.24. The van der Waals surface area contributed by atoms with Crippen molar-refractivity contribution >= 4 is 5.95 Å². The second-order valence-corrected chi connectivity index (χ2v) is 6.51. The van der Waals surface area contributed by atoms with E-state index in [0.29, 0.717) is 13.2 Å². The zero-order valence-electron chi connectivity index (χ0n) is 14.9. The summed E-state index contributed by atoms with van der Waals surface area (Å²) in [4.78, 5) is 15.7. The predicted molar refractivity (Wildman–Crippen MR) is 101 cm³/mol. The molecule has 0 amide bonds.